The van der Waals surface area contributed by atoms with Crippen molar-refractivity contribution in [3.05, 3.63) is 0 Å². The molecule has 0 spiro atoms. The summed E-state index contributed by atoms with van der Waals surface area (Å²) in [5.74, 6) is 2.63. The maximum absolute atomic E-state index is 9.75. The van der Waals surface area contributed by atoms with E-state index in [4.69, 9.17) is 6.42 Å². The number of hydrogen-bond donors (Lipinski definition) is 1. The number of aliphatic hydroxyl groups is 1. The molecule has 0 amide bonds. The molecule has 1 aliphatic rings. The fourth-order valence-electron chi connectivity index (χ4n) is 2.01. The molecule has 1 aliphatic carbocycles. The summed E-state index contributed by atoms with van der Waals surface area (Å²) >= 11 is 0. The van der Waals surface area contributed by atoms with Gasteiger partial charge in [0.25, 0.3) is 0 Å². The van der Waals surface area contributed by atoms with Crippen LogP contribution in [0.3, 0.4) is 0 Å². The molecule has 1 N–H and O–H groups in total. The minimum absolute atomic E-state index is 0.142. The van der Waals surface area contributed by atoms with Crippen LogP contribution in [0.5, 0.6) is 0 Å². The molecule has 0 aliphatic heterocycles. The van der Waals surface area contributed by atoms with Crippen LogP contribution in [0, 0.1) is 12.3 Å². The smallest absolute Gasteiger partial charge is 0.0695 e. The third kappa shape index (κ3) is 3.02. The van der Waals surface area contributed by atoms with E-state index in [0.29, 0.717) is 6.04 Å². The minimum Gasteiger partial charge on any atom is -0.391 e. The summed E-state index contributed by atoms with van der Waals surface area (Å²) in [6, 6.07) is 0.335. The standard InChI is InChI=1S/C11H19NO/c1-3-4-9-12(2)10-7-5-6-8-11(10)13/h1,10-11,13H,4-9H2,2H3/t10-,11-/m1/s1. The fourth-order valence-corrected chi connectivity index (χ4v) is 2.01. The highest BCUT2D eigenvalue weighted by molar-refractivity contribution is 4.87. The molecular weight excluding hydrogens is 162 g/mol. The van der Waals surface area contributed by atoms with E-state index in [1.165, 1.54) is 12.8 Å². The summed E-state index contributed by atoms with van der Waals surface area (Å²) in [6.45, 7) is 0.901. The van der Waals surface area contributed by atoms with E-state index in [1.807, 2.05) is 0 Å². The van der Waals surface area contributed by atoms with Crippen molar-refractivity contribution in [1.82, 2.24) is 4.90 Å². The Morgan fingerprint density at radius 3 is 2.77 bits per heavy atom. The van der Waals surface area contributed by atoms with Gasteiger partial charge in [0.05, 0.1) is 6.10 Å². The molecule has 0 saturated heterocycles. The summed E-state index contributed by atoms with van der Waals surface area (Å²) in [5, 5.41) is 9.75. The summed E-state index contributed by atoms with van der Waals surface area (Å²) in [5.41, 5.74) is 0. The Kier molecular flexibility index (Phi) is 4.27. The van der Waals surface area contributed by atoms with Crippen molar-refractivity contribution < 1.29 is 5.11 Å². The first-order chi connectivity index (χ1) is 6.25. The first kappa shape index (κ1) is 10.6. The van der Waals surface area contributed by atoms with Gasteiger partial charge in [-0.1, -0.05) is 12.8 Å². The number of terminal acetylenes is 1. The molecule has 0 unspecified atom stereocenters. The summed E-state index contributed by atoms with van der Waals surface area (Å²) < 4.78 is 0. The van der Waals surface area contributed by atoms with Crippen LogP contribution in [-0.2, 0) is 0 Å². The second-order valence-corrected chi connectivity index (χ2v) is 3.85. The monoisotopic (exact) mass is 181 g/mol. The van der Waals surface area contributed by atoms with Gasteiger partial charge in [-0.15, -0.1) is 12.3 Å². The molecule has 0 aromatic heterocycles. The second-order valence-electron chi connectivity index (χ2n) is 3.85. The van der Waals surface area contributed by atoms with Crippen molar-refractivity contribution in [2.24, 2.45) is 0 Å². The van der Waals surface area contributed by atoms with Gasteiger partial charge in [-0.3, -0.25) is 4.90 Å². The van der Waals surface area contributed by atoms with E-state index in [-0.39, 0.29) is 6.10 Å². The molecule has 13 heavy (non-hydrogen) atoms. The van der Waals surface area contributed by atoms with Crippen molar-refractivity contribution in [1.29, 1.82) is 0 Å². The van der Waals surface area contributed by atoms with E-state index in [2.05, 4.69) is 17.9 Å². The average Bonchev–Trinajstić information content (AvgIpc) is 2.15. The van der Waals surface area contributed by atoms with Gasteiger partial charge < -0.3 is 5.11 Å². The molecule has 0 bridgehead atoms. The third-order valence-corrected chi connectivity index (χ3v) is 2.87. The zero-order valence-corrected chi connectivity index (χ0v) is 8.37. The van der Waals surface area contributed by atoms with Crippen LogP contribution in [0.1, 0.15) is 32.1 Å². The second kappa shape index (κ2) is 5.26. The lowest BCUT2D eigenvalue weighted by atomic mass is 9.91. The average molecular weight is 181 g/mol. The van der Waals surface area contributed by atoms with Crippen molar-refractivity contribution in [2.45, 2.75) is 44.2 Å². The molecule has 74 valence electrons. The Morgan fingerprint density at radius 1 is 1.46 bits per heavy atom. The van der Waals surface area contributed by atoms with E-state index in [0.717, 1.165) is 25.8 Å². The Bertz CT molecular complexity index is 185. The maximum Gasteiger partial charge on any atom is 0.0695 e. The fraction of sp³-hybridized carbons (Fsp3) is 0.818. The van der Waals surface area contributed by atoms with Crippen LogP contribution < -0.4 is 0 Å². The minimum atomic E-state index is -0.142. The predicted octanol–water partition coefficient (Wildman–Crippen LogP) is 1.25. The van der Waals surface area contributed by atoms with Crippen LogP contribution in [-0.4, -0.2) is 35.7 Å². The lowest BCUT2D eigenvalue weighted by Crippen LogP contribution is -2.43. The van der Waals surface area contributed by atoms with Gasteiger partial charge in [0.15, 0.2) is 0 Å². The zero-order valence-electron chi connectivity index (χ0n) is 8.37. The Hall–Kier alpha value is -0.520. The molecule has 2 heteroatoms. The maximum atomic E-state index is 9.75. The number of rotatable bonds is 3. The molecule has 0 heterocycles. The molecular formula is C11H19NO. The van der Waals surface area contributed by atoms with Gasteiger partial charge in [-0.2, -0.15) is 0 Å². The van der Waals surface area contributed by atoms with Gasteiger partial charge in [0.2, 0.25) is 0 Å². The predicted molar refractivity (Wildman–Crippen MR) is 54.3 cm³/mol. The van der Waals surface area contributed by atoms with E-state index in [9.17, 15) is 5.11 Å². The van der Waals surface area contributed by atoms with Gasteiger partial charge >= 0.3 is 0 Å². The Morgan fingerprint density at radius 2 is 2.15 bits per heavy atom. The zero-order chi connectivity index (χ0) is 9.68. The highest BCUT2D eigenvalue weighted by atomic mass is 16.3. The number of hydrogen-bond acceptors (Lipinski definition) is 2. The number of aliphatic hydroxyl groups excluding tert-OH is 1. The van der Waals surface area contributed by atoms with Gasteiger partial charge in [0, 0.05) is 19.0 Å². The van der Waals surface area contributed by atoms with Gasteiger partial charge in [0.1, 0.15) is 0 Å². The van der Waals surface area contributed by atoms with E-state index < -0.39 is 0 Å². The Labute approximate surface area is 80.9 Å². The quantitative estimate of drug-likeness (QED) is 0.662. The first-order valence-electron chi connectivity index (χ1n) is 5.07. The van der Waals surface area contributed by atoms with Crippen LogP contribution >= 0.6 is 0 Å². The molecule has 0 radical (unpaired) electrons. The number of likely N-dealkylation sites (N-methyl/N-ethyl adjacent to an activating group) is 1. The largest absolute Gasteiger partial charge is 0.391 e. The number of nitrogens with zero attached hydrogens (tertiary/aromatic N) is 1. The van der Waals surface area contributed by atoms with Crippen molar-refractivity contribution in [3.63, 3.8) is 0 Å². The summed E-state index contributed by atoms with van der Waals surface area (Å²) in [7, 11) is 2.05. The van der Waals surface area contributed by atoms with Crippen molar-refractivity contribution in [2.75, 3.05) is 13.6 Å². The highest BCUT2D eigenvalue weighted by Gasteiger charge is 2.25. The van der Waals surface area contributed by atoms with Gasteiger partial charge in [-0.25, -0.2) is 0 Å². The first-order valence-corrected chi connectivity index (χ1v) is 5.07. The molecule has 0 aromatic carbocycles. The van der Waals surface area contributed by atoms with Gasteiger partial charge in [-0.05, 0) is 19.9 Å². The lowest BCUT2D eigenvalue weighted by molar-refractivity contribution is 0.0332. The van der Waals surface area contributed by atoms with Crippen molar-refractivity contribution in [3.8, 4) is 12.3 Å². The van der Waals surface area contributed by atoms with Crippen LogP contribution in [0.4, 0.5) is 0 Å². The van der Waals surface area contributed by atoms with Crippen LogP contribution in [0.2, 0.25) is 0 Å². The Balaban J connectivity index is 2.35. The molecule has 2 atom stereocenters. The summed E-state index contributed by atoms with van der Waals surface area (Å²) in [6.07, 6.45) is 10.3. The van der Waals surface area contributed by atoms with Crippen LogP contribution in [0.15, 0.2) is 0 Å². The molecule has 0 aromatic rings. The normalized spacial score (nSPS) is 28.8. The van der Waals surface area contributed by atoms with E-state index in [1.54, 1.807) is 0 Å². The van der Waals surface area contributed by atoms with Crippen LogP contribution in [0.25, 0.3) is 0 Å². The lowest BCUT2D eigenvalue weighted by Gasteiger charge is -2.34. The summed E-state index contributed by atoms with van der Waals surface area (Å²) in [4.78, 5) is 2.20. The molecule has 2 nitrogen and oxygen atoms in total. The third-order valence-electron chi connectivity index (χ3n) is 2.87. The van der Waals surface area contributed by atoms with E-state index >= 15 is 0 Å². The molecule has 1 saturated carbocycles. The highest BCUT2D eigenvalue weighted by Crippen LogP contribution is 2.22. The molecule has 1 fully saturated rings. The topological polar surface area (TPSA) is 23.5 Å². The molecule has 1 rings (SSSR count). The van der Waals surface area contributed by atoms with Crippen molar-refractivity contribution >= 4 is 0 Å². The SMILES string of the molecule is C#CCCN(C)[C@@H]1CCCC[C@H]1O.